The second kappa shape index (κ2) is 14.5. The summed E-state index contributed by atoms with van der Waals surface area (Å²) in [4.78, 5) is 35.9. The average molecular weight is 667 g/mol. The fourth-order valence-electron chi connectivity index (χ4n) is 6.38. The second-order valence-electron chi connectivity index (χ2n) is 12.3. The number of carbonyl (C=O) groups excluding carboxylic acids is 1. The SMILES string of the molecule is CC[C@@H]1CN(C(=O)Nc2cnc(CN3CCN(CC)CC3)c(C(F)(F)F)c2)Cc2cc(Oc3ccnc4[nH]c(CCOC)cc34)cnc21. The standard InChI is InChI=1S/C34H41F3N8O3/c1-4-22-19-45(33(46)42-25-16-28(34(35,36)37)29(39-17-25)21-44-11-9-43(5-2)10-12-44)20-23-14-26(18-40-31(22)23)48-30-6-8-38-32-27(30)15-24(41-32)7-13-47-3/h6,8,14-18,22H,4-5,7,9-13,19-21H2,1-3H3,(H,38,41)(H,42,46)/t22-/m1/s1. The number of ether oxygens (including phenoxy) is 2. The van der Waals surface area contributed by atoms with Crippen molar-refractivity contribution in [3.05, 3.63) is 71.1 Å². The van der Waals surface area contributed by atoms with Crippen LogP contribution in [0.25, 0.3) is 11.0 Å². The number of pyridine rings is 3. The van der Waals surface area contributed by atoms with Crippen LogP contribution in [0.3, 0.4) is 0 Å². The van der Waals surface area contributed by atoms with Gasteiger partial charge in [-0.1, -0.05) is 13.8 Å². The maximum Gasteiger partial charge on any atom is 0.418 e. The van der Waals surface area contributed by atoms with Gasteiger partial charge in [0.1, 0.15) is 17.1 Å². The van der Waals surface area contributed by atoms with Crippen LogP contribution in [0.15, 0.2) is 42.9 Å². The summed E-state index contributed by atoms with van der Waals surface area (Å²) in [5.74, 6) is 1.07. The monoisotopic (exact) mass is 666 g/mol. The van der Waals surface area contributed by atoms with E-state index < -0.39 is 17.8 Å². The number of alkyl halides is 3. The number of nitrogens with zero attached hydrogens (tertiary/aromatic N) is 6. The highest BCUT2D eigenvalue weighted by Gasteiger charge is 2.36. The van der Waals surface area contributed by atoms with Crippen molar-refractivity contribution in [1.29, 1.82) is 0 Å². The highest BCUT2D eigenvalue weighted by atomic mass is 19.4. The zero-order valence-corrected chi connectivity index (χ0v) is 27.4. The number of piperazine rings is 1. The van der Waals surface area contributed by atoms with Crippen molar-refractivity contribution < 1.29 is 27.4 Å². The molecule has 1 fully saturated rings. The first-order chi connectivity index (χ1) is 23.1. The molecule has 0 bridgehead atoms. The van der Waals surface area contributed by atoms with Crippen LogP contribution in [0.4, 0.5) is 23.7 Å². The minimum atomic E-state index is -4.61. The van der Waals surface area contributed by atoms with Gasteiger partial charge in [-0.05, 0) is 42.8 Å². The molecule has 1 saturated heterocycles. The number of likely N-dealkylation sites (N-methyl/N-ethyl adjacent to an activating group) is 1. The zero-order valence-electron chi connectivity index (χ0n) is 27.4. The molecule has 2 aliphatic rings. The van der Waals surface area contributed by atoms with E-state index in [1.807, 2.05) is 24.0 Å². The van der Waals surface area contributed by atoms with Crippen molar-refractivity contribution in [2.24, 2.45) is 0 Å². The highest BCUT2D eigenvalue weighted by molar-refractivity contribution is 5.89. The quantitative estimate of drug-likeness (QED) is 0.211. The van der Waals surface area contributed by atoms with Crippen LogP contribution in [0.2, 0.25) is 0 Å². The molecule has 6 heterocycles. The molecule has 1 atom stereocenters. The topological polar surface area (TPSA) is 112 Å². The summed E-state index contributed by atoms with van der Waals surface area (Å²) >= 11 is 0. The number of carbonyl (C=O) groups is 1. The first-order valence-electron chi connectivity index (χ1n) is 16.3. The molecule has 0 unspecified atom stereocenters. The van der Waals surface area contributed by atoms with E-state index in [9.17, 15) is 18.0 Å². The molecular weight excluding hydrogens is 625 g/mol. The number of nitrogens with one attached hydrogen (secondary N) is 2. The first-order valence-corrected chi connectivity index (χ1v) is 16.3. The molecule has 2 aliphatic heterocycles. The second-order valence-corrected chi connectivity index (χ2v) is 12.3. The third-order valence-electron chi connectivity index (χ3n) is 9.11. The summed E-state index contributed by atoms with van der Waals surface area (Å²) in [5, 5.41) is 3.49. The van der Waals surface area contributed by atoms with Crippen LogP contribution in [-0.4, -0.2) is 93.7 Å². The molecule has 0 saturated carbocycles. The van der Waals surface area contributed by atoms with Crippen LogP contribution in [0.1, 0.15) is 54.4 Å². The molecule has 6 rings (SSSR count). The number of urea groups is 1. The minimum Gasteiger partial charge on any atom is -0.455 e. The molecule has 4 aromatic heterocycles. The predicted molar refractivity (Wildman–Crippen MR) is 175 cm³/mol. The minimum absolute atomic E-state index is 0.000920. The maximum absolute atomic E-state index is 14.2. The zero-order chi connectivity index (χ0) is 33.8. The van der Waals surface area contributed by atoms with Crippen molar-refractivity contribution in [2.45, 2.75) is 51.9 Å². The van der Waals surface area contributed by atoms with Gasteiger partial charge in [0.05, 0.1) is 47.0 Å². The van der Waals surface area contributed by atoms with Crippen LogP contribution in [0, 0.1) is 0 Å². The number of fused-ring (bicyclic) bond motifs is 2. The van der Waals surface area contributed by atoms with Gasteiger partial charge in [0.2, 0.25) is 0 Å². The van der Waals surface area contributed by atoms with Crippen molar-refractivity contribution >= 4 is 22.8 Å². The van der Waals surface area contributed by atoms with Gasteiger partial charge in [-0.2, -0.15) is 13.2 Å². The van der Waals surface area contributed by atoms with E-state index in [0.717, 1.165) is 54.5 Å². The molecule has 0 radical (unpaired) electrons. The Morgan fingerprint density at radius 1 is 1.06 bits per heavy atom. The van der Waals surface area contributed by atoms with Crippen molar-refractivity contribution in [1.82, 2.24) is 34.6 Å². The number of anilines is 1. The van der Waals surface area contributed by atoms with Crippen molar-refractivity contribution in [2.75, 3.05) is 58.3 Å². The smallest absolute Gasteiger partial charge is 0.418 e. The molecule has 4 aromatic rings. The molecule has 2 N–H and O–H groups in total. The van der Waals surface area contributed by atoms with Gasteiger partial charge in [0.15, 0.2) is 0 Å². The lowest BCUT2D eigenvalue weighted by atomic mass is 9.92. The number of aromatic nitrogens is 4. The van der Waals surface area contributed by atoms with E-state index in [-0.39, 0.29) is 30.4 Å². The van der Waals surface area contributed by atoms with Gasteiger partial charge < -0.3 is 29.6 Å². The molecular formula is C34H41F3N8O3. The Balaban J connectivity index is 1.17. The summed E-state index contributed by atoms with van der Waals surface area (Å²) in [6.45, 7) is 9.25. The van der Waals surface area contributed by atoms with Crippen LogP contribution < -0.4 is 10.1 Å². The fraction of sp³-hybridized carbons (Fsp3) is 0.471. The third kappa shape index (κ3) is 7.55. The van der Waals surface area contributed by atoms with Gasteiger partial charge >= 0.3 is 12.2 Å². The van der Waals surface area contributed by atoms with Gasteiger partial charge in [-0.25, -0.2) is 9.78 Å². The van der Waals surface area contributed by atoms with E-state index in [2.05, 4.69) is 32.1 Å². The summed E-state index contributed by atoms with van der Waals surface area (Å²) in [7, 11) is 1.65. The molecule has 14 heteroatoms. The highest BCUT2D eigenvalue weighted by Crippen LogP contribution is 2.36. The number of methoxy groups -OCH3 is 1. The Kier molecular flexibility index (Phi) is 10.1. The Morgan fingerprint density at radius 3 is 2.58 bits per heavy atom. The molecule has 11 nitrogen and oxygen atoms in total. The molecule has 0 aromatic carbocycles. The normalized spacial score (nSPS) is 17.5. The Morgan fingerprint density at radius 2 is 1.85 bits per heavy atom. The van der Waals surface area contributed by atoms with Crippen LogP contribution in [-0.2, 0) is 30.4 Å². The summed E-state index contributed by atoms with van der Waals surface area (Å²) in [6, 6.07) is 6.12. The van der Waals surface area contributed by atoms with Gasteiger partial charge in [0, 0.05) is 77.2 Å². The molecule has 2 amide bonds. The lowest BCUT2D eigenvalue weighted by Gasteiger charge is -2.34. The van der Waals surface area contributed by atoms with Gasteiger partial charge in [-0.3, -0.25) is 14.9 Å². The number of H-pyrrole nitrogens is 1. The number of aromatic amines is 1. The molecule has 0 aliphatic carbocycles. The Labute approximate surface area is 277 Å². The predicted octanol–water partition coefficient (Wildman–Crippen LogP) is 6.03. The molecule has 48 heavy (non-hydrogen) atoms. The third-order valence-corrected chi connectivity index (χ3v) is 9.11. The number of hydrogen-bond acceptors (Lipinski definition) is 8. The van der Waals surface area contributed by atoms with Crippen LogP contribution in [0.5, 0.6) is 11.5 Å². The van der Waals surface area contributed by atoms with Crippen LogP contribution >= 0.6 is 0 Å². The average Bonchev–Trinajstić information content (AvgIpc) is 3.51. The van der Waals surface area contributed by atoms with Crippen molar-refractivity contribution in [3.63, 3.8) is 0 Å². The van der Waals surface area contributed by atoms with E-state index in [1.165, 1.54) is 6.20 Å². The number of amides is 2. The van der Waals surface area contributed by atoms with E-state index in [1.54, 1.807) is 30.5 Å². The summed E-state index contributed by atoms with van der Waals surface area (Å²) in [5.41, 5.74) is 2.49. The Bertz CT molecular complexity index is 1740. The largest absolute Gasteiger partial charge is 0.455 e. The maximum atomic E-state index is 14.2. The first kappa shape index (κ1) is 33.6. The van der Waals surface area contributed by atoms with E-state index in [0.29, 0.717) is 49.8 Å². The summed E-state index contributed by atoms with van der Waals surface area (Å²) < 4.78 is 53.9. The lowest BCUT2D eigenvalue weighted by molar-refractivity contribution is -0.138. The number of rotatable bonds is 10. The van der Waals surface area contributed by atoms with E-state index >= 15 is 0 Å². The lowest BCUT2D eigenvalue weighted by Crippen LogP contribution is -2.45. The number of hydrogen-bond donors (Lipinski definition) is 2. The van der Waals surface area contributed by atoms with E-state index in [4.69, 9.17) is 14.5 Å². The van der Waals surface area contributed by atoms with Gasteiger partial charge in [-0.15, -0.1) is 0 Å². The number of halogens is 3. The van der Waals surface area contributed by atoms with Gasteiger partial charge in [0.25, 0.3) is 0 Å². The Hall–Kier alpha value is -4.27. The molecule has 0 spiro atoms. The summed E-state index contributed by atoms with van der Waals surface area (Å²) in [6.07, 6.45) is 1.47. The fourth-order valence-corrected chi connectivity index (χ4v) is 6.38. The van der Waals surface area contributed by atoms with Crippen molar-refractivity contribution in [3.8, 4) is 11.5 Å². The molecule has 256 valence electrons.